The Kier molecular flexibility index (Phi) is 7.58. The van der Waals surface area contributed by atoms with Gasteiger partial charge in [0.05, 0.1) is 12.0 Å². The Morgan fingerprint density at radius 3 is 2.50 bits per heavy atom. The Morgan fingerprint density at radius 1 is 0.917 bits per heavy atom. The van der Waals surface area contributed by atoms with E-state index in [0.717, 1.165) is 6.07 Å². The van der Waals surface area contributed by atoms with Crippen molar-refractivity contribution < 1.29 is 23.1 Å². The van der Waals surface area contributed by atoms with Gasteiger partial charge in [-0.1, -0.05) is 24.1 Å². The van der Waals surface area contributed by atoms with Crippen molar-refractivity contribution in [2.45, 2.75) is 6.42 Å². The van der Waals surface area contributed by atoms with E-state index in [2.05, 4.69) is 32.4 Å². The van der Waals surface area contributed by atoms with Crippen molar-refractivity contribution in [1.29, 1.82) is 0 Å². The highest BCUT2D eigenvalue weighted by atomic mass is 19.1. The number of ether oxygens (including phenoxy) is 1. The number of anilines is 1. The number of nitrogens with zero attached hydrogens (tertiary/aromatic N) is 2. The van der Waals surface area contributed by atoms with Gasteiger partial charge in [0.1, 0.15) is 17.3 Å². The molecule has 0 unspecified atom stereocenters. The first kappa shape index (κ1) is 24.0. The number of hydrogen-bond donors (Lipinski definition) is 2. The third-order valence-electron chi connectivity index (χ3n) is 4.71. The van der Waals surface area contributed by atoms with Crippen LogP contribution in [0.4, 0.5) is 19.3 Å². The number of nitrogens with one attached hydrogen (secondary N) is 2. The number of aromatic nitrogens is 2. The van der Waals surface area contributed by atoms with Gasteiger partial charge < -0.3 is 10.1 Å². The highest BCUT2D eigenvalue weighted by Crippen LogP contribution is 2.28. The van der Waals surface area contributed by atoms with Crippen LogP contribution in [0.3, 0.4) is 0 Å². The van der Waals surface area contributed by atoms with Gasteiger partial charge in [-0.3, -0.25) is 15.1 Å². The fraction of sp³-hybridized carbons (Fsp3) is 0.0370. The van der Waals surface area contributed by atoms with E-state index in [1.807, 2.05) is 6.07 Å². The number of amides is 3. The van der Waals surface area contributed by atoms with E-state index in [9.17, 15) is 18.4 Å². The summed E-state index contributed by atoms with van der Waals surface area (Å²) in [5.41, 5.74) is 1.64. The summed E-state index contributed by atoms with van der Waals surface area (Å²) < 4.78 is 33.3. The summed E-state index contributed by atoms with van der Waals surface area (Å²) >= 11 is 0. The molecule has 0 saturated heterocycles. The summed E-state index contributed by atoms with van der Waals surface area (Å²) in [6.07, 6.45) is 4.48. The first-order chi connectivity index (χ1) is 17.5. The minimum atomic E-state index is -0.837. The van der Waals surface area contributed by atoms with Crippen LogP contribution in [0.5, 0.6) is 11.5 Å². The van der Waals surface area contributed by atoms with Gasteiger partial charge in [0.2, 0.25) is 5.91 Å². The average molecular weight is 484 g/mol. The third kappa shape index (κ3) is 6.71. The van der Waals surface area contributed by atoms with Crippen LogP contribution < -0.4 is 15.4 Å². The van der Waals surface area contributed by atoms with E-state index >= 15 is 0 Å². The van der Waals surface area contributed by atoms with Crippen molar-refractivity contribution in [1.82, 2.24) is 15.3 Å². The van der Waals surface area contributed by atoms with Crippen LogP contribution in [0.15, 0.2) is 85.3 Å². The third-order valence-corrected chi connectivity index (χ3v) is 4.71. The fourth-order valence-electron chi connectivity index (χ4n) is 3.03. The maximum absolute atomic E-state index is 14.7. The standard InChI is InChI=1S/C27H18F2N4O3/c28-20-7-4-18(5-8-20)15-26(34)33-27(35)32-22-10-11-25(23(29)16-22)36-24-12-14-30-17-19(24)6-9-21-3-1-2-13-31-21/h1-5,7-8,10-14,16-17H,15H2,(H2,32,33,34,35). The van der Waals surface area contributed by atoms with Gasteiger partial charge in [0.15, 0.2) is 11.6 Å². The van der Waals surface area contributed by atoms with Crippen LogP contribution in [0.2, 0.25) is 0 Å². The molecule has 0 bridgehead atoms. The number of pyridine rings is 2. The summed E-state index contributed by atoms with van der Waals surface area (Å²) in [6, 6.07) is 15.2. The van der Waals surface area contributed by atoms with Crippen LogP contribution >= 0.6 is 0 Å². The molecule has 7 nitrogen and oxygen atoms in total. The van der Waals surface area contributed by atoms with E-state index in [1.54, 1.807) is 24.4 Å². The first-order valence-corrected chi connectivity index (χ1v) is 10.7. The zero-order valence-electron chi connectivity index (χ0n) is 18.7. The summed E-state index contributed by atoms with van der Waals surface area (Å²) in [5.74, 6) is 4.22. The molecular formula is C27H18F2N4O3. The molecule has 0 fully saturated rings. The van der Waals surface area contributed by atoms with Crippen LogP contribution in [-0.4, -0.2) is 21.9 Å². The number of urea groups is 1. The normalized spacial score (nSPS) is 10.1. The SMILES string of the molecule is O=C(Cc1ccc(F)cc1)NC(=O)Nc1ccc(Oc2ccncc2C#Cc2ccccn2)c(F)c1. The van der Waals surface area contributed by atoms with E-state index in [1.165, 1.54) is 48.8 Å². The lowest BCUT2D eigenvalue weighted by atomic mass is 10.1. The smallest absolute Gasteiger partial charge is 0.325 e. The minimum Gasteiger partial charge on any atom is -0.453 e. The molecule has 0 aliphatic heterocycles. The molecule has 4 aromatic rings. The zero-order chi connectivity index (χ0) is 25.3. The van der Waals surface area contributed by atoms with Gasteiger partial charge in [-0.15, -0.1) is 0 Å². The summed E-state index contributed by atoms with van der Waals surface area (Å²) in [4.78, 5) is 32.3. The molecule has 0 radical (unpaired) electrons. The summed E-state index contributed by atoms with van der Waals surface area (Å²) in [7, 11) is 0. The van der Waals surface area contributed by atoms with Crippen LogP contribution in [0, 0.1) is 23.5 Å². The van der Waals surface area contributed by atoms with Crippen molar-refractivity contribution >= 4 is 17.6 Å². The predicted molar refractivity (Wildman–Crippen MR) is 128 cm³/mol. The number of carbonyl (C=O) groups excluding carboxylic acids is 2. The number of benzene rings is 2. The van der Waals surface area contributed by atoms with Crippen LogP contribution in [-0.2, 0) is 11.2 Å². The highest BCUT2D eigenvalue weighted by molar-refractivity contribution is 6.01. The average Bonchev–Trinajstić information content (AvgIpc) is 2.87. The first-order valence-electron chi connectivity index (χ1n) is 10.7. The molecule has 2 aromatic heterocycles. The van der Waals surface area contributed by atoms with Crippen molar-refractivity contribution in [3.63, 3.8) is 0 Å². The molecule has 2 aromatic carbocycles. The van der Waals surface area contributed by atoms with Gasteiger partial charge in [-0.25, -0.2) is 18.6 Å². The number of hydrogen-bond acceptors (Lipinski definition) is 5. The highest BCUT2D eigenvalue weighted by Gasteiger charge is 2.12. The largest absolute Gasteiger partial charge is 0.453 e. The second-order valence-electron chi connectivity index (χ2n) is 7.39. The van der Waals surface area contributed by atoms with Gasteiger partial charge >= 0.3 is 6.03 Å². The Hall–Kier alpha value is -5.10. The van der Waals surface area contributed by atoms with Gasteiger partial charge in [0.25, 0.3) is 0 Å². The molecule has 2 N–H and O–H groups in total. The maximum atomic E-state index is 14.7. The lowest BCUT2D eigenvalue weighted by molar-refractivity contribution is -0.119. The van der Waals surface area contributed by atoms with Crippen molar-refractivity contribution in [3.8, 4) is 23.3 Å². The van der Waals surface area contributed by atoms with E-state index < -0.39 is 23.6 Å². The molecule has 0 aliphatic carbocycles. The van der Waals surface area contributed by atoms with Gasteiger partial charge in [0, 0.05) is 36.4 Å². The topological polar surface area (TPSA) is 93.2 Å². The fourth-order valence-corrected chi connectivity index (χ4v) is 3.03. The minimum absolute atomic E-state index is 0.0968. The van der Waals surface area contributed by atoms with Crippen molar-refractivity contribution in [3.05, 3.63) is 114 Å². The molecule has 2 heterocycles. The van der Waals surface area contributed by atoms with Gasteiger partial charge in [-0.05, 0) is 47.9 Å². The summed E-state index contributed by atoms with van der Waals surface area (Å²) in [5, 5.41) is 4.52. The lowest BCUT2D eigenvalue weighted by Gasteiger charge is -2.11. The van der Waals surface area contributed by atoms with Crippen molar-refractivity contribution in [2.75, 3.05) is 5.32 Å². The van der Waals surface area contributed by atoms with E-state index in [4.69, 9.17) is 4.74 Å². The number of carbonyl (C=O) groups is 2. The Balaban J connectivity index is 1.38. The zero-order valence-corrected chi connectivity index (χ0v) is 18.7. The molecule has 0 aliphatic rings. The molecule has 36 heavy (non-hydrogen) atoms. The molecular weight excluding hydrogens is 466 g/mol. The Morgan fingerprint density at radius 2 is 1.75 bits per heavy atom. The molecule has 0 atom stereocenters. The number of halogens is 2. The molecule has 9 heteroatoms. The second-order valence-corrected chi connectivity index (χ2v) is 7.39. The Bertz CT molecular complexity index is 1450. The molecule has 178 valence electrons. The predicted octanol–water partition coefficient (Wildman–Crippen LogP) is 4.84. The molecule has 4 rings (SSSR count). The second kappa shape index (κ2) is 11.4. The Labute approximate surface area is 205 Å². The van der Waals surface area contributed by atoms with Crippen LogP contribution in [0.25, 0.3) is 0 Å². The molecule has 0 saturated carbocycles. The molecule has 0 spiro atoms. The van der Waals surface area contributed by atoms with Crippen molar-refractivity contribution in [2.24, 2.45) is 0 Å². The van der Waals surface area contributed by atoms with Gasteiger partial charge in [-0.2, -0.15) is 0 Å². The molecule has 3 amide bonds. The van der Waals surface area contributed by atoms with E-state index in [-0.39, 0.29) is 23.6 Å². The number of imide groups is 1. The maximum Gasteiger partial charge on any atom is 0.325 e. The van der Waals surface area contributed by atoms with E-state index in [0.29, 0.717) is 16.8 Å². The summed E-state index contributed by atoms with van der Waals surface area (Å²) in [6.45, 7) is 0. The van der Waals surface area contributed by atoms with Crippen LogP contribution in [0.1, 0.15) is 16.8 Å². The quantitative estimate of drug-likeness (QED) is 0.396. The lowest BCUT2D eigenvalue weighted by Crippen LogP contribution is -2.35. The monoisotopic (exact) mass is 484 g/mol. The number of rotatable bonds is 5.